The third-order valence-corrected chi connectivity index (χ3v) is 6.25. The van der Waals surface area contributed by atoms with Crippen LogP contribution in [0.15, 0.2) is 24.3 Å². The van der Waals surface area contributed by atoms with E-state index in [-0.39, 0.29) is 0 Å². The first-order valence-electron chi connectivity index (χ1n) is 9.75. The van der Waals surface area contributed by atoms with Gasteiger partial charge in [0.05, 0.1) is 5.60 Å². The van der Waals surface area contributed by atoms with E-state index in [4.69, 9.17) is 0 Å². The zero-order valence-corrected chi connectivity index (χ0v) is 15.5. The molecule has 0 spiro atoms. The molecule has 0 amide bonds. The van der Waals surface area contributed by atoms with Crippen molar-refractivity contribution in [2.45, 2.75) is 51.0 Å². The van der Waals surface area contributed by atoms with Gasteiger partial charge in [-0.2, -0.15) is 0 Å². The maximum absolute atomic E-state index is 11.6. The minimum Gasteiger partial charge on any atom is -0.389 e. The zero-order chi connectivity index (χ0) is 17.0. The van der Waals surface area contributed by atoms with Gasteiger partial charge in [0.15, 0.2) is 0 Å². The summed E-state index contributed by atoms with van der Waals surface area (Å²) < 4.78 is 0. The van der Waals surface area contributed by atoms with Crippen molar-refractivity contribution in [1.82, 2.24) is 9.80 Å². The van der Waals surface area contributed by atoms with Crippen molar-refractivity contribution < 1.29 is 5.11 Å². The molecule has 1 N–H and O–H groups in total. The predicted molar refractivity (Wildman–Crippen MR) is 100 cm³/mol. The summed E-state index contributed by atoms with van der Waals surface area (Å²) in [4.78, 5) is 4.99. The van der Waals surface area contributed by atoms with Gasteiger partial charge in [0.2, 0.25) is 0 Å². The Bertz CT molecular complexity index is 524. The van der Waals surface area contributed by atoms with Gasteiger partial charge in [0.1, 0.15) is 0 Å². The monoisotopic (exact) mass is 330 g/mol. The lowest BCUT2D eigenvalue weighted by molar-refractivity contribution is -0.0406. The van der Waals surface area contributed by atoms with E-state index in [0.29, 0.717) is 5.92 Å². The summed E-state index contributed by atoms with van der Waals surface area (Å²) in [7, 11) is 2.21. The molecule has 2 atom stereocenters. The molecular formula is C21H34N2O. The van der Waals surface area contributed by atoms with Crippen molar-refractivity contribution in [3.8, 4) is 0 Å². The number of nitrogens with zero attached hydrogens (tertiary/aromatic N) is 2. The fraction of sp³-hybridized carbons (Fsp3) is 0.714. The molecule has 0 aromatic heterocycles. The number of aliphatic hydroxyl groups is 1. The molecule has 1 aliphatic carbocycles. The van der Waals surface area contributed by atoms with Crippen molar-refractivity contribution in [2.24, 2.45) is 5.92 Å². The van der Waals surface area contributed by atoms with Gasteiger partial charge in [0.25, 0.3) is 0 Å². The van der Waals surface area contributed by atoms with Crippen LogP contribution in [-0.2, 0) is 6.42 Å². The Morgan fingerprint density at radius 1 is 1.08 bits per heavy atom. The van der Waals surface area contributed by atoms with Crippen LogP contribution in [0.25, 0.3) is 0 Å². The number of hydrogen-bond donors (Lipinski definition) is 1. The first kappa shape index (κ1) is 17.9. The summed E-state index contributed by atoms with van der Waals surface area (Å²) in [6.07, 6.45) is 6.66. The molecule has 2 aliphatic rings. The Kier molecular flexibility index (Phi) is 5.96. The highest BCUT2D eigenvalue weighted by atomic mass is 16.3. The summed E-state index contributed by atoms with van der Waals surface area (Å²) in [5.41, 5.74) is 2.10. The van der Waals surface area contributed by atoms with Crippen LogP contribution >= 0.6 is 0 Å². The van der Waals surface area contributed by atoms with Crippen LogP contribution in [0, 0.1) is 12.8 Å². The van der Waals surface area contributed by atoms with Gasteiger partial charge >= 0.3 is 0 Å². The summed E-state index contributed by atoms with van der Waals surface area (Å²) in [5, 5.41) is 11.6. The first-order chi connectivity index (χ1) is 11.6. The van der Waals surface area contributed by atoms with E-state index in [2.05, 4.69) is 48.0 Å². The van der Waals surface area contributed by atoms with Gasteiger partial charge in [-0.3, -0.25) is 0 Å². The van der Waals surface area contributed by atoms with E-state index in [1.54, 1.807) is 0 Å². The molecule has 0 bridgehead atoms. The van der Waals surface area contributed by atoms with E-state index in [1.165, 1.54) is 36.8 Å². The van der Waals surface area contributed by atoms with E-state index in [1.807, 2.05) is 0 Å². The molecule has 1 saturated carbocycles. The summed E-state index contributed by atoms with van der Waals surface area (Å²) >= 11 is 0. The largest absolute Gasteiger partial charge is 0.389 e. The van der Waals surface area contributed by atoms with Crippen LogP contribution in [-0.4, -0.2) is 60.3 Å². The smallest absolute Gasteiger partial charge is 0.0728 e. The molecule has 3 nitrogen and oxygen atoms in total. The second-order valence-corrected chi connectivity index (χ2v) is 8.11. The lowest BCUT2D eigenvalue weighted by Crippen LogP contribution is -2.50. The minimum atomic E-state index is -0.536. The quantitative estimate of drug-likeness (QED) is 0.860. The third-order valence-electron chi connectivity index (χ3n) is 6.25. The van der Waals surface area contributed by atoms with Gasteiger partial charge in [-0.1, -0.05) is 43.5 Å². The highest BCUT2D eigenvalue weighted by Gasteiger charge is 2.39. The van der Waals surface area contributed by atoms with Crippen molar-refractivity contribution in [3.05, 3.63) is 35.4 Å². The normalized spacial score (nSPS) is 30.2. The third kappa shape index (κ3) is 4.38. The van der Waals surface area contributed by atoms with Crippen LogP contribution in [0.2, 0.25) is 0 Å². The highest BCUT2D eigenvalue weighted by Crippen LogP contribution is 2.36. The number of benzene rings is 1. The number of rotatable bonds is 4. The van der Waals surface area contributed by atoms with Crippen LogP contribution in [0.5, 0.6) is 0 Å². The van der Waals surface area contributed by atoms with Gasteiger partial charge in [-0.05, 0) is 37.9 Å². The number of aryl methyl sites for hydroxylation is 1. The Morgan fingerprint density at radius 3 is 2.58 bits per heavy atom. The average molecular weight is 331 g/mol. The standard InChI is InChI=1S/C21H34N2O/c1-18-8-5-6-9-19(18)16-21(24)11-7-3-4-10-20(21)17-23-14-12-22(2)13-15-23/h5-6,8-9,20,24H,3-4,7,10-17H2,1-2H3. The van der Waals surface area contributed by atoms with Crippen LogP contribution in [0.3, 0.4) is 0 Å². The van der Waals surface area contributed by atoms with Crippen LogP contribution in [0.4, 0.5) is 0 Å². The molecule has 0 radical (unpaired) electrons. The molecule has 1 aromatic rings. The molecule has 1 saturated heterocycles. The summed E-state index contributed by atoms with van der Waals surface area (Å²) in [6, 6.07) is 8.57. The topological polar surface area (TPSA) is 26.7 Å². The van der Waals surface area contributed by atoms with Gasteiger partial charge in [0, 0.05) is 45.1 Å². The minimum absolute atomic E-state index is 0.406. The Labute approximate surface area is 147 Å². The van der Waals surface area contributed by atoms with Gasteiger partial charge in [-0.25, -0.2) is 0 Å². The van der Waals surface area contributed by atoms with Crippen molar-refractivity contribution in [3.63, 3.8) is 0 Å². The number of piperazine rings is 1. The Balaban J connectivity index is 1.72. The molecule has 134 valence electrons. The van der Waals surface area contributed by atoms with E-state index >= 15 is 0 Å². The van der Waals surface area contributed by atoms with Gasteiger partial charge < -0.3 is 14.9 Å². The second-order valence-electron chi connectivity index (χ2n) is 8.11. The Hall–Kier alpha value is -0.900. The molecule has 1 aromatic carbocycles. The summed E-state index contributed by atoms with van der Waals surface area (Å²) in [5.74, 6) is 0.406. The molecule has 2 unspecified atom stereocenters. The summed E-state index contributed by atoms with van der Waals surface area (Å²) in [6.45, 7) is 7.84. The van der Waals surface area contributed by atoms with Crippen LogP contribution < -0.4 is 0 Å². The molecule has 3 rings (SSSR count). The van der Waals surface area contributed by atoms with Gasteiger partial charge in [-0.15, -0.1) is 0 Å². The highest BCUT2D eigenvalue weighted by molar-refractivity contribution is 5.27. The SMILES string of the molecule is Cc1ccccc1CC1(O)CCCCCC1CN1CCN(C)CC1. The van der Waals surface area contributed by atoms with Crippen molar-refractivity contribution in [1.29, 1.82) is 0 Å². The second kappa shape index (κ2) is 7.99. The molecule has 24 heavy (non-hydrogen) atoms. The molecule has 1 aliphatic heterocycles. The lowest BCUT2D eigenvalue weighted by Gasteiger charge is -2.41. The lowest BCUT2D eigenvalue weighted by atomic mass is 9.77. The van der Waals surface area contributed by atoms with E-state index < -0.39 is 5.60 Å². The zero-order valence-electron chi connectivity index (χ0n) is 15.5. The molecule has 2 fully saturated rings. The maximum atomic E-state index is 11.6. The Morgan fingerprint density at radius 2 is 1.83 bits per heavy atom. The number of hydrogen-bond acceptors (Lipinski definition) is 3. The molecular weight excluding hydrogens is 296 g/mol. The van der Waals surface area contributed by atoms with E-state index in [0.717, 1.165) is 45.6 Å². The number of likely N-dealkylation sites (N-methyl/N-ethyl adjacent to an activating group) is 1. The van der Waals surface area contributed by atoms with Crippen molar-refractivity contribution in [2.75, 3.05) is 39.8 Å². The van der Waals surface area contributed by atoms with Crippen LogP contribution in [0.1, 0.15) is 43.2 Å². The van der Waals surface area contributed by atoms with Crippen molar-refractivity contribution >= 4 is 0 Å². The molecule has 3 heteroatoms. The molecule has 1 heterocycles. The maximum Gasteiger partial charge on any atom is 0.0728 e. The first-order valence-corrected chi connectivity index (χ1v) is 9.75. The average Bonchev–Trinajstić information content (AvgIpc) is 2.74. The predicted octanol–water partition coefficient (Wildman–Crippen LogP) is 3.10. The van der Waals surface area contributed by atoms with E-state index in [9.17, 15) is 5.11 Å². The fourth-order valence-corrected chi connectivity index (χ4v) is 4.45. The fourth-order valence-electron chi connectivity index (χ4n) is 4.45.